The van der Waals surface area contributed by atoms with E-state index in [0.717, 1.165) is 5.56 Å². The minimum atomic E-state index is -4.11. The largest absolute Gasteiger partial charge is 0.402 e. The maximum absolute atomic E-state index is 13.5. The summed E-state index contributed by atoms with van der Waals surface area (Å²) in [6.07, 6.45) is 0. The standard InChI is InChI=1S/C22H23N3O6S/c1-14-10-12-16(13-11-14)32(29,30)19-15(2)23-24(22(3,4)5)20(19)31-21(26)17-8-6-7-9-18(17)25(27)28/h6-13H,1-5H3. The highest BCUT2D eigenvalue weighted by Crippen LogP contribution is 2.36. The Morgan fingerprint density at radius 1 is 1.06 bits per heavy atom. The highest BCUT2D eigenvalue weighted by atomic mass is 32.2. The van der Waals surface area contributed by atoms with Gasteiger partial charge in [-0.25, -0.2) is 17.9 Å². The summed E-state index contributed by atoms with van der Waals surface area (Å²) in [6.45, 7) is 8.64. The average molecular weight is 458 g/mol. The van der Waals surface area contributed by atoms with Crippen molar-refractivity contribution < 1.29 is 22.9 Å². The van der Waals surface area contributed by atoms with Crippen molar-refractivity contribution in [1.29, 1.82) is 0 Å². The van der Waals surface area contributed by atoms with Crippen molar-refractivity contribution in [2.24, 2.45) is 0 Å². The molecule has 1 aromatic heterocycles. The molecule has 0 aliphatic rings. The van der Waals surface area contributed by atoms with Gasteiger partial charge in [-0.15, -0.1) is 0 Å². The van der Waals surface area contributed by atoms with E-state index in [2.05, 4.69) is 5.10 Å². The zero-order valence-corrected chi connectivity index (χ0v) is 19.1. The van der Waals surface area contributed by atoms with Crippen LogP contribution < -0.4 is 4.74 Å². The molecule has 168 valence electrons. The van der Waals surface area contributed by atoms with Crippen molar-refractivity contribution in [1.82, 2.24) is 9.78 Å². The lowest BCUT2D eigenvalue weighted by Gasteiger charge is -2.22. The van der Waals surface area contributed by atoms with Crippen LogP contribution in [0.1, 0.15) is 42.4 Å². The van der Waals surface area contributed by atoms with Gasteiger partial charge in [0.15, 0.2) is 4.90 Å². The molecule has 0 bridgehead atoms. The van der Waals surface area contributed by atoms with Crippen molar-refractivity contribution in [3.63, 3.8) is 0 Å². The maximum Gasteiger partial charge on any atom is 0.351 e. The average Bonchev–Trinajstić information content (AvgIpc) is 3.05. The maximum atomic E-state index is 13.5. The molecule has 0 saturated heterocycles. The SMILES string of the molecule is Cc1ccc(S(=O)(=O)c2c(C)nn(C(C)(C)C)c2OC(=O)c2ccccc2[N+](=O)[O-])cc1. The number of aryl methyl sites for hydroxylation is 2. The molecule has 3 rings (SSSR count). The molecule has 10 heteroatoms. The van der Waals surface area contributed by atoms with Crippen LogP contribution in [-0.2, 0) is 15.4 Å². The monoisotopic (exact) mass is 457 g/mol. The van der Waals surface area contributed by atoms with E-state index >= 15 is 0 Å². The fourth-order valence-corrected chi connectivity index (χ4v) is 4.65. The number of hydrogen-bond acceptors (Lipinski definition) is 7. The number of esters is 1. The topological polar surface area (TPSA) is 121 Å². The molecule has 3 aromatic rings. The van der Waals surface area contributed by atoms with Crippen LogP contribution in [0, 0.1) is 24.0 Å². The van der Waals surface area contributed by atoms with Crippen molar-refractivity contribution in [2.75, 3.05) is 0 Å². The Labute approximate surface area is 185 Å². The van der Waals surface area contributed by atoms with Crippen LogP contribution in [0.5, 0.6) is 5.88 Å². The minimum Gasteiger partial charge on any atom is -0.402 e. The summed E-state index contributed by atoms with van der Waals surface area (Å²) < 4.78 is 33.7. The van der Waals surface area contributed by atoms with Crippen LogP contribution in [0.3, 0.4) is 0 Å². The molecule has 0 radical (unpaired) electrons. The van der Waals surface area contributed by atoms with Crippen LogP contribution >= 0.6 is 0 Å². The number of nitro benzene ring substituents is 1. The smallest absolute Gasteiger partial charge is 0.351 e. The van der Waals surface area contributed by atoms with Gasteiger partial charge in [0.25, 0.3) is 5.69 Å². The molecule has 0 amide bonds. The molecule has 32 heavy (non-hydrogen) atoms. The fraction of sp³-hybridized carbons (Fsp3) is 0.273. The Morgan fingerprint density at radius 3 is 2.22 bits per heavy atom. The molecule has 2 aromatic carbocycles. The number of para-hydroxylation sites is 1. The second-order valence-electron chi connectivity index (χ2n) is 8.28. The van der Waals surface area contributed by atoms with Crippen LogP contribution in [0.4, 0.5) is 5.69 Å². The van der Waals surface area contributed by atoms with E-state index in [1.54, 1.807) is 32.9 Å². The van der Waals surface area contributed by atoms with E-state index in [0.29, 0.717) is 0 Å². The van der Waals surface area contributed by atoms with E-state index in [9.17, 15) is 23.3 Å². The Bertz CT molecular complexity index is 1300. The van der Waals surface area contributed by atoms with E-state index in [1.165, 1.54) is 48.0 Å². The number of benzene rings is 2. The number of aromatic nitrogens is 2. The van der Waals surface area contributed by atoms with Crippen LogP contribution in [0.2, 0.25) is 0 Å². The van der Waals surface area contributed by atoms with Crippen LogP contribution in [0.15, 0.2) is 58.3 Å². The number of hydrogen-bond donors (Lipinski definition) is 0. The summed E-state index contributed by atoms with van der Waals surface area (Å²) >= 11 is 0. The summed E-state index contributed by atoms with van der Waals surface area (Å²) in [4.78, 5) is 23.3. The molecule has 0 unspecified atom stereocenters. The lowest BCUT2D eigenvalue weighted by Crippen LogP contribution is -2.26. The minimum absolute atomic E-state index is 0.0163. The van der Waals surface area contributed by atoms with Crippen molar-refractivity contribution in [3.8, 4) is 5.88 Å². The Kier molecular flexibility index (Phi) is 5.92. The van der Waals surface area contributed by atoms with E-state index in [4.69, 9.17) is 4.74 Å². The van der Waals surface area contributed by atoms with Crippen molar-refractivity contribution in [2.45, 2.75) is 49.9 Å². The summed E-state index contributed by atoms with van der Waals surface area (Å²) in [5.41, 5.74) is -0.459. The van der Waals surface area contributed by atoms with Crippen molar-refractivity contribution in [3.05, 3.63) is 75.5 Å². The first-order valence-corrected chi connectivity index (χ1v) is 11.2. The zero-order valence-electron chi connectivity index (χ0n) is 18.3. The number of nitro groups is 1. The molecule has 0 saturated carbocycles. The van der Waals surface area contributed by atoms with Gasteiger partial charge < -0.3 is 4.74 Å². The number of sulfone groups is 1. The van der Waals surface area contributed by atoms with E-state index in [1.807, 2.05) is 6.92 Å². The van der Waals surface area contributed by atoms with E-state index < -0.39 is 32.0 Å². The Morgan fingerprint density at radius 2 is 1.66 bits per heavy atom. The lowest BCUT2D eigenvalue weighted by atomic mass is 10.1. The molecule has 9 nitrogen and oxygen atoms in total. The molecule has 0 fully saturated rings. The molecule has 0 N–H and O–H groups in total. The summed E-state index contributed by atoms with van der Waals surface area (Å²) in [7, 11) is -4.11. The Hall–Kier alpha value is -3.53. The second-order valence-corrected chi connectivity index (χ2v) is 10.2. The molecular weight excluding hydrogens is 434 g/mol. The normalized spacial score (nSPS) is 11.9. The third-order valence-corrected chi connectivity index (χ3v) is 6.61. The quantitative estimate of drug-likeness (QED) is 0.319. The van der Waals surface area contributed by atoms with Gasteiger partial charge >= 0.3 is 5.97 Å². The number of rotatable bonds is 5. The molecular formula is C22H23N3O6S. The lowest BCUT2D eigenvalue weighted by molar-refractivity contribution is -0.385. The number of carbonyl (C=O) groups excluding carboxylic acids is 1. The second kappa shape index (κ2) is 8.19. The first-order chi connectivity index (χ1) is 14.8. The first-order valence-electron chi connectivity index (χ1n) is 9.71. The molecule has 0 spiro atoms. The number of nitrogens with zero attached hydrogens (tertiary/aromatic N) is 3. The van der Waals surface area contributed by atoms with Gasteiger partial charge in [-0.2, -0.15) is 5.10 Å². The summed E-state index contributed by atoms with van der Waals surface area (Å²) in [5.74, 6) is -1.35. The predicted molar refractivity (Wildman–Crippen MR) is 117 cm³/mol. The van der Waals surface area contributed by atoms with E-state index in [-0.39, 0.29) is 26.9 Å². The summed E-state index contributed by atoms with van der Waals surface area (Å²) in [5, 5.41) is 15.7. The fourth-order valence-electron chi connectivity index (χ4n) is 3.13. The predicted octanol–water partition coefficient (Wildman–Crippen LogP) is 4.22. The van der Waals surface area contributed by atoms with Crippen molar-refractivity contribution >= 4 is 21.5 Å². The van der Waals surface area contributed by atoms with Gasteiger partial charge in [0.2, 0.25) is 15.7 Å². The van der Waals surface area contributed by atoms with Gasteiger partial charge in [0.05, 0.1) is 21.1 Å². The highest BCUT2D eigenvalue weighted by molar-refractivity contribution is 7.91. The molecule has 1 heterocycles. The molecule has 0 aliphatic carbocycles. The molecule has 0 aliphatic heterocycles. The van der Waals surface area contributed by atoms with Crippen LogP contribution in [-0.4, -0.2) is 29.1 Å². The highest BCUT2D eigenvalue weighted by Gasteiger charge is 2.35. The van der Waals surface area contributed by atoms with Gasteiger partial charge in [-0.05, 0) is 52.8 Å². The zero-order chi connectivity index (χ0) is 23.8. The van der Waals surface area contributed by atoms with Crippen LogP contribution in [0.25, 0.3) is 0 Å². The third kappa shape index (κ3) is 4.26. The Balaban J connectivity index is 2.20. The number of carbonyl (C=O) groups is 1. The van der Waals surface area contributed by atoms with Gasteiger partial charge in [0.1, 0.15) is 5.56 Å². The summed E-state index contributed by atoms with van der Waals surface area (Å²) in [6, 6.07) is 11.6. The first kappa shape index (κ1) is 23.1. The molecule has 0 atom stereocenters. The number of ether oxygens (including phenoxy) is 1. The van der Waals surface area contributed by atoms with Gasteiger partial charge in [0, 0.05) is 6.07 Å². The van der Waals surface area contributed by atoms with Gasteiger partial charge in [-0.1, -0.05) is 29.8 Å². The van der Waals surface area contributed by atoms with Gasteiger partial charge in [-0.3, -0.25) is 10.1 Å². The third-order valence-electron chi connectivity index (χ3n) is 4.71.